The van der Waals surface area contributed by atoms with Crippen molar-refractivity contribution in [3.63, 3.8) is 0 Å². The molecule has 0 radical (unpaired) electrons. The lowest BCUT2D eigenvalue weighted by atomic mass is 10.1. The van der Waals surface area contributed by atoms with E-state index in [9.17, 15) is 14.7 Å². The maximum absolute atomic E-state index is 13.3. The molecule has 1 aromatic carbocycles. The van der Waals surface area contributed by atoms with Crippen molar-refractivity contribution in [1.82, 2.24) is 18.9 Å². The Bertz CT molecular complexity index is 1350. The van der Waals surface area contributed by atoms with Gasteiger partial charge in [-0.15, -0.1) is 0 Å². The van der Waals surface area contributed by atoms with Gasteiger partial charge in [-0.1, -0.05) is 41.9 Å². The predicted molar refractivity (Wildman–Crippen MR) is 115 cm³/mol. The lowest BCUT2D eigenvalue weighted by molar-refractivity contribution is 0.298. The number of pyridine rings is 1. The van der Waals surface area contributed by atoms with E-state index in [0.717, 1.165) is 5.56 Å². The standard InChI is InChI=1S/C22H19ClN4O3/c1-14-18(9-10-28)22(30)27(21(24-14)15-5-3-2-4-6-15)13-17-11-20(29)26-12-16(23)7-8-19(26)25-17/h2-8,11-12,28H,9-10,13H2,1H3. The SMILES string of the molecule is Cc1nc(-c2ccccc2)n(Cc2cc(=O)n3cc(Cl)ccc3n2)c(=O)c1CCO. The molecule has 0 unspecified atom stereocenters. The van der Waals surface area contributed by atoms with Crippen molar-refractivity contribution in [2.75, 3.05) is 6.61 Å². The van der Waals surface area contributed by atoms with Crippen LogP contribution in [0.2, 0.25) is 5.02 Å². The van der Waals surface area contributed by atoms with E-state index in [1.54, 1.807) is 19.1 Å². The van der Waals surface area contributed by atoms with E-state index in [-0.39, 0.29) is 30.7 Å². The van der Waals surface area contributed by atoms with Crippen LogP contribution in [0.3, 0.4) is 0 Å². The Labute approximate surface area is 176 Å². The molecule has 0 aliphatic carbocycles. The monoisotopic (exact) mass is 422 g/mol. The highest BCUT2D eigenvalue weighted by Crippen LogP contribution is 2.18. The molecule has 0 saturated heterocycles. The Balaban J connectivity index is 1.90. The number of fused-ring (bicyclic) bond motifs is 1. The molecule has 0 amide bonds. The summed E-state index contributed by atoms with van der Waals surface area (Å²) in [6, 6.07) is 14.1. The summed E-state index contributed by atoms with van der Waals surface area (Å²) in [6.07, 6.45) is 1.71. The zero-order valence-corrected chi connectivity index (χ0v) is 17.0. The first-order valence-corrected chi connectivity index (χ1v) is 9.80. The van der Waals surface area contributed by atoms with Crippen molar-refractivity contribution in [1.29, 1.82) is 0 Å². The Morgan fingerprint density at radius 2 is 1.83 bits per heavy atom. The lowest BCUT2D eigenvalue weighted by Gasteiger charge is -2.16. The first-order chi connectivity index (χ1) is 14.5. The number of benzene rings is 1. The van der Waals surface area contributed by atoms with E-state index >= 15 is 0 Å². The van der Waals surface area contributed by atoms with Crippen LogP contribution in [0.25, 0.3) is 17.0 Å². The molecule has 0 fully saturated rings. The maximum Gasteiger partial charge on any atom is 0.258 e. The minimum atomic E-state index is -0.289. The summed E-state index contributed by atoms with van der Waals surface area (Å²) in [5.74, 6) is 0.484. The van der Waals surface area contributed by atoms with Gasteiger partial charge in [0.15, 0.2) is 0 Å². The summed E-state index contributed by atoms with van der Waals surface area (Å²) < 4.78 is 2.86. The van der Waals surface area contributed by atoms with Crippen molar-refractivity contribution in [2.24, 2.45) is 0 Å². The quantitative estimate of drug-likeness (QED) is 0.533. The number of hydrogen-bond acceptors (Lipinski definition) is 5. The molecule has 7 nitrogen and oxygen atoms in total. The van der Waals surface area contributed by atoms with Crippen LogP contribution in [0.5, 0.6) is 0 Å². The fourth-order valence-electron chi connectivity index (χ4n) is 3.42. The van der Waals surface area contributed by atoms with Crippen molar-refractivity contribution < 1.29 is 5.11 Å². The van der Waals surface area contributed by atoms with Gasteiger partial charge >= 0.3 is 0 Å². The Morgan fingerprint density at radius 3 is 2.57 bits per heavy atom. The highest BCUT2D eigenvalue weighted by Gasteiger charge is 2.16. The minimum absolute atomic E-state index is 0.0726. The van der Waals surface area contributed by atoms with Crippen LogP contribution in [-0.2, 0) is 13.0 Å². The number of aromatic nitrogens is 4. The van der Waals surface area contributed by atoms with Gasteiger partial charge in [0.1, 0.15) is 11.5 Å². The molecule has 3 heterocycles. The third kappa shape index (κ3) is 3.77. The summed E-state index contributed by atoms with van der Waals surface area (Å²) in [4.78, 5) is 34.9. The zero-order valence-electron chi connectivity index (χ0n) is 16.2. The molecular weight excluding hydrogens is 404 g/mol. The van der Waals surface area contributed by atoms with Gasteiger partial charge in [-0.05, 0) is 19.1 Å². The molecule has 3 aromatic heterocycles. The van der Waals surface area contributed by atoms with Crippen molar-refractivity contribution in [3.8, 4) is 11.4 Å². The second kappa shape index (κ2) is 8.22. The third-order valence-corrected chi connectivity index (χ3v) is 5.08. The second-order valence-corrected chi connectivity index (χ2v) is 7.33. The molecule has 4 rings (SSSR count). The second-order valence-electron chi connectivity index (χ2n) is 6.89. The number of aliphatic hydroxyl groups excluding tert-OH is 1. The van der Waals surface area contributed by atoms with Gasteiger partial charge in [0.2, 0.25) is 0 Å². The Morgan fingerprint density at radius 1 is 1.07 bits per heavy atom. The zero-order chi connectivity index (χ0) is 21.3. The summed E-state index contributed by atoms with van der Waals surface area (Å²) in [5, 5.41) is 9.80. The molecular formula is C22H19ClN4O3. The van der Waals surface area contributed by atoms with Gasteiger partial charge in [-0.2, -0.15) is 0 Å². The van der Waals surface area contributed by atoms with E-state index in [1.807, 2.05) is 30.3 Å². The molecule has 30 heavy (non-hydrogen) atoms. The van der Waals surface area contributed by atoms with Crippen LogP contribution in [-0.4, -0.2) is 30.6 Å². The largest absolute Gasteiger partial charge is 0.396 e. The lowest BCUT2D eigenvalue weighted by Crippen LogP contribution is -2.30. The van der Waals surface area contributed by atoms with E-state index < -0.39 is 0 Å². The van der Waals surface area contributed by atoms with Crippen LogP contribution in [0.1, 0.15) is 17.0 Å². The number of aliphatic hydroxyl groups is 1. The smallest absolute Gasteiger partial charge is 0.258 e. The van der Waals surface area contributed by atoms with Gasteiger partial charge in [0.05, 0.1) is 17.3 Å². The maximum atomic E-state index is 13.3. The fraction of sp³-hybridized carbons (Fsp3) is 0.182. The minimum Gasteiger partial charge on any atom is -0.396 e. The van der Waals surface area contributed by atoms with E-state index in [4.69, 9.17) is 11.6 Å². The van der Waals surface area contributed by atoms with Gasteiger partial charge in [-0.25, -0.2) is 9.97 Å². The predicted octanol–water partition coefficient (Wildman–Crippen LogP) is 2.46. The first kappa shape index (κ1) is 20.0. The molecule has 0 atom stereocenters. The fourth-order valence-corrected chi connectivity index (χ4v) is 3.58. The normalized spacial score (nSPS) is 11.2. The van der Waals surface area contributed by atoms with Crippen LogP contribution >= 0.6 is 11.6 Å². The van der Waals surface area contributed by atoms with Gasteiger partial charge in [0.25, 0.3) is 11.1 Å². The molecule has 1 N–H and O–H groups in total. The average molecular weight is 423 g/mol. The van der Waals surface area contributed by atoms with E-state index in [1.165, 1.54) is 21.2 Å². The van der Waals surface area contributed by atoms with Gasteiger partial charge in [0, 0.05) is 42.1 Å². The molecule has 0 bridgehead atoms. The highest BCUT2D eigenvalue weighted by atomic mass is 35.5. The number of nitrogens with zero attached hydrogens (tertiary/aromatic N) is 4. The number of hydrogen-bond donors (Lipinski definition) is 1. The van der Waals surface area contributed by atoms with Crippen LogP contribution in [0.15, 0.2) is 64.3 Å². The summed E-state index contributed by atoms with van der Waals surface area (Å²) in [6.45, 7) is 1.68. The third-order valence-electron chi connectivity index (χ3n) is 4.86. The van der Waals surface area contributed by atoms with E-state index in [2.05, 4.69) is 9.97 Å². The molecule has 0 spiro atoms. The van der Waals surface area contributed by atoms with Crippen molar-refractivity contribution in [3.05, 3.63) is 97.4 Å². The summed E-state index contributed by atoms with van der Waals surface area (Å²) in [5.41, 5.74) is 2.12. The first-order valence-electron chi connectivity index (χ1n) is 9.42. The van der Waals surface area contributed by atoms with Crippen molar-refractivity contribution >= 4 is 17.2 Å². The van der Waals surface area contributed by atoms with Crippen molar-refractivity contribution in [2.45, 2.75) is 19.9 Å². The van der Waals surface area contributed by atoms with Gasteiger partial charge < -0.3 is 5.11 Å². The Hall–Kier alpha value is -3.29. The molecule has 0 aliphatic heterocycles. The molecule has 0 aliphatic rings. The van der Waals surface area contributed by atoms with Gasteiger partial charge in [-0.3, -0.25) is 18.6 Å². The number of halogens is 1. The summed E-state index contributed by atoms with van der Waals surface area (Å²) >= 11 is 5.97. The molecule has 0 saturated carbocycles. The number of rotatable bonds is 5. The van der Waals surface area contributed by atoms with Crippen LogP contribution < -0.4 is 11.1 Å². The number of aryl methyl sites for hydroxylation is 1. The Kier molecular flexibility index (Phi) is 5.48. The summed E-state index contributed by atoms with van der Waals surface area (Å²) in [7, 11) is 0. The molecule has 152 valence electrons. The highest BCUT2D eigenvalue weighted by molar-refractivity contribution is 6.30. The topological polar surface area (TPSA) is 89.5 Å². The van der Waals surface area contributed by atoms with E-state index in [0.29, 0.717) is 33.4 Å². The van der Waals surface area contributed by atoms with Crippen LogP contribution in [0.4, 0.5) is 0 Å². The molecule has 4 aromatic rings. The van der Waals surface area contributed by atoms with Crippen LogP contribution in [0, 0.1) is 6.92 Å². The molecule has 8 heteroatoms. The average Bonchev–Trinajstić information content (AvgIpc) is 2.74.